The van der Waals surface area contributed by atoms with E-state index in [4.69, 9.17) is 11.6 Å². The maximum absolute atomic E-state index is 11.8. The number of aliphatic hydroxyl groups is 1. The van der Waals surface area contributed by atoms with E-state index in [2.05, 4.69) is 13.0 Å². The van der Waals surface area contributed by atoms with Crippen LogP contribution in [0, 0.1) is 40.4 Å². The first kappa shape index (κ1) is 17.3. The van der Waals surface area contributed by atoms with Crippen LogP contribution in [0.2, 0.25) is 0 Å². The van der Waals surface area contributed by atoms with Crippen molar-refractivity contribution in [2.45, 2.75) is 63.9 Å². The minimum Gasteiger partial charge on any atom is -0.383 e. The van der Waals surface area contributed by atoms with E-state index in [9.17, 15) is 15.2 Å². The lowest BCUT2D eigenvalue weighted by molar-refractivity contribution is -0.139. The Bertz CT molecular complexity index is 705. The van der Waals surface area contributed by atoms with Gasteiger partial charge >= 0.3 is 0 Å². The lowest BCUT2D eigenvalue weighted by Crippen LogP contribution is -2.59. The molecular formula is C21H26ClNO2. The molecule has 4 aliphatic carbocycles. The maximum atomic E-state index is 11.8. The quantitative estimate of drug-likeness (QED) is 0.749. The van der Waals surface area contributed by atoms with E-state index >= 15 is 0 Å². The third-order valence-corrected chi connectivity index (χ3v) is 8.38. The van der Waals surface area contributed by atoms with Crippen molar-refractivity contribution in [3.05, 3.63) is 22.8 Å². The molecule has 1 N–H and O–H groups in total. The van der Waals surface area contributed by atoms with Gasteiger partial charge in [0.05, 0.1) is 12.5 Å². The smallest absolute Gasteiger partial charge is 0.155 e. The zero-order valence-corrected chi connectivity index (χ0v) is 15.6. The third-order valence-electron chi connectivity index (χ3n) is 7.92. The highest BCUT2D eigenvalue weighted by Crippen LogP contribution is 2.64. The molecule has 0 heterocycles. The fraction of sp³-hybridized carbons (Fsp3) is 0.714. The largest absolute Gasteiger partial charge is 0.383 e. The molecule has 0 aromatic carbocycles. The van der Waals surface area contributed by atoms with Crippen LogP contribution >= 0.6 is 11.6 Å². The Morgan fingerprint density at radius 3 is 2.88 bits per heavy atom. The van der Waals surface area contributed by atoms with Crippen LogP contribution < -0.4 is 0 Å². The molecular weight excluding hydrogens is 334 g/mol. The van der Waals surface area contributed by atoms with Crippen LogP contribution in [0.4, 0.5) is 0 Å². The predicted molar refractivity (Wildman–Crippen MR) is 96.6 cm³/mol. The van der Waals surface area contributed by atoms with Gasteiger partial charge in [0.1, 0.15) is 5.60 Å². The van der Waals surface area contributed by atoms with Crippen LogP contribution in [0.15, 0.2) is 22.8 Å². The number of allylic oxidation sites excluding steroid dienone is 3. The Morgan fingerprint density at radius 2 is 2.12 bits per heavy atom. The van der Waals surface area contributed by atoms with E-state index in [1.54, 1.807) is 0 Å². The average molecular weight is 360 g/mol. The van der Waals surface area contributed by atoms with E-state index in [-0.39, 0.29) is 11.8 Å². The Labute approximate surface area is 154 Å². The Hall–Kier alpha value is -1.11. The van der Waals surface area contributed by atoms with Gasteiger partial charge in [-0.3, -0.25) is 4.79 Å². The minimum absolute atomic E-state index is 0.0653. The molecule has 0 aromatic rings. The van der Waals surface area contributed by atoms with Crippen molar-refractivity contribution < 1.29 is 9.90 Å². The Balaban J connectivity index is 1.69. The van der Waals surface area contributed by atoms with Gasteiger partial charge < -0.3 is 5.11 Å². The second kappa shape index (κ2) is 5.96. The van der Waals surface area contributed by atoms with Crippen LogP contribution in [0.3, 0.4) is 0 Å². The summed E-state index contributed by atoms with van der Waals surface area (Å²) in [6, 6.07) is 2.17. The molecule has 2 fully saturated rings. The molecule has 0 spiro atoms. The van der Waals surface area contributed by atoms with Gasteiger partial charge in [0, 0.05) is 16.9 Å². The van der Waals surface area contributed by atoms with E-state index in [1.807, 2.05) is 12.2 Å². The van der Waals surface area contributed by atoms with Crippen molar-refractivity contribution >= 4 is 17.4 Å². The number of nitriles is 1. The number of nitrogens with zero attached hydrogens (tertiary/aromatic N) is 1. The highest BCUT2D eigenvalue weighted by atomic mass is 35.5. The zero-order valence-electron chi connectivity index (χ0n) is 14.8. The molecule has 134 valence electrons. The van der Waals surface area contributed by atoms with E-state index < -0.39 is 5.60 Å². The Morgan fingerprint density at radius 1 is 1.32 bits per heavy atom. The number of carbonyl (C=O) groups is 1. The van der Waals surface area contributed by atoms with Gasteiger partial charge in [-0.25, -0.2) is 0 Å². The molecule has 3 nitrogen and oxygen atoms in total. The van der Waals surface area contributed by atoms with Gasteiger partial charge in [-0.1, -0.05) is 30.2 Å². The number of halogens is 1. The highest BCUT2D eigenvalue weighted by Gasteiger charge is 2.61. The molecule has 25 heavy (non-hydrogen) atoms. The first-order valence-corrected chi connectivity index (χ1v) is 9.97. The number of fused-ring (bicyclic) bond motifs is 5. The summed E-state index contributed by atoms with van der Waals surface area (Å²) in [5, 5.41) is 21.1. The number of ketones is 1. The van der Waals surface area contributed by atoms with Gasteiger partial charge in [0.15, 0.2) is 5.78 Å². The van der Waals surface area contributed by atoms with Crippen molar-refractivity contribution in [3.8, 4) is 6.07 Å². The zero-order chi connectivity index (χ0) is 17.8. The molecule has 0 unspecified atom stereocenters. The summed E-state index contributed by atoms with van der Waals surface area (Å²) in [7, 11) is 0. The first-order chi connectivity index (χ1) is 11.9. The summed E-state index contributed by atoms with van der Waals surface area (Å²) >= 11 is 6.43. The molecule has 0 aromatic heterocycles. The SMILES string of the molecule is C[C@]12CC[C@H]3[C@@H](CCC4=CC(=O)CC[C@@H]43)[C@@H]1CC=C(Cl)[C@@]2(O)CC#N. The van der Waals surface area contributed by atoms with Crippen molar-refractivity contribution in [1.82, 2.24) is 0 Å². The van der Waals surface area contributed by atoms with Crippen molar-refractivity contribution in [1.29, 1.82) is 5.26 Å². The fourth-order valence-corrected chi connectivity index (χ4v) is 6.89. The average Bonchev–Trinajstić information content (AvgIpc) is 2.59. The maximum Gasteiger partial charge on any atom is 0.155 e. The number of hydrogen-bond acceptors (Lipinski definition) is 3. The second-order valence-corrected chi connectivity index (χ2v) is 9.15. The van der Waals surface area contributed by atoms with Crippen molar-refractivity contribution in [2.75, 3.05) is 0 Å². The van der Waals surface area contributed by atoms with Gasteiger partial charge in [0.25, 0.3) is 0 Å². The van der Waals surface area contributed by atoms with Crippen molar-refractivity contribution in [2.24, 2.45) is 29.1 Å². The van der Waals surface area contributed by atoms with Gasteiger partial charge in [-0.2, -0.15) is 5.26 Å². The molecule has 0 aliphatic heterocycles. The molecule has 0 radical (unpaired) electrons. The summed E-state index contributed by atoms with van der Waals surface area (Å²) in [5.74, 6) is 2.38. The lowest BCUT2D eigenvalue weighted by atomic mass is 9.46. The normalized spacial score (nSPS) is 46.1. The van der Waals surface area contributed by atoms with Gasteiger partial charge in [-0.05, 0) is 68.3 Å². The standard InChI is InChI=1S/C21H26ClNO2/c1-20-9-8-16-15-5-3-14(24)12-13(15)2-4-17(16)18(20)6-7-19(22)21(20,25)10-11-23/h7,12,15-18,25H,2-6,8-10H2,1H3/t15-,16+,17+,18-,20-,21-/m0/s1. The van der Waals surface area contributed by atoms with E-state index in [1.165, 1.54) is 5.57 Å². The molecule has 4 rings (SSSR count). The van der Waals surface area contributed by atoms with Crippen LogP contribution in [-0.2, 0) is 4.79 Å². The Kier molecular flexibility index (Phi) is 4.13. The fourth-order valence-electron chi connectivity index (χ4n) is 6.52. The molecule has 0 bridgehead atoms. The summed E-state index contributed by atoms with van der Waals surface area (Å²) in [6.45, 7) is 2.15. The van der Waals surface area contributed by atoms with E-state index in [0.717, 1.165) is 38.5 Å². The van der Waals surface area contributed by atoms with Crippen LogP contribution in [0.1, 0.15) is 58.3 Å². The van der Waals surface area contributed by atoms with E-state index in [0.29, 0.717) is 40.9 Å². The first-order valence-electron chi connectivity index (χ1n) is 9.59. The molecule has 4 heteroatoms. The number of carbonyl (C=O) groups excluding carboxylic acids is 1. The molecule has 2 saturated carbocycles. The van der Waals surface area contributed by atoms with Crippen LogP contribution in [0.5, 0.6) is 0 Å². The minimum atomic E-state index is -1.21. The van der Waals surface area contributed by atoms with Gasteiger partial charge in [0.2, 0.25) is 0 Å². The summed E-state index contributed by atoms with van der Waals surface area (Å²) in [5.41, 5.74) is -0.171. The molecule has 0 amide bonds. The highest BCUT2D eigenvalue weighted by molar-refractivity contribution is 6.30. The van der Waals surface area contributed by atoms with Crippen LogP contribution in [0.25, 0.3) is 0 Å². The number of hydrogen-bond donors (Lipinski definition) is 1. The summed E-state index contributed by atoms with van der Waals surface area (Å²) in [6.07, 6.45) is 10.6. The number of rotatable bonds is 1. The van der Waals surface area contributed by atoms with Crippen LogP contribution in [-0.4, -0.2) is 16.5 Å². The molecule has 4 aliphatic rings. The summed E-state index contributed by atoms with van der Waals surface area (Å²) < 4.78 is 0. The van der Waals surface area contributed by atoms with Crippen molar-refractivity contribution in [3.63, 3.8) is 0 Å². The predicted octanol–water partition coefficient (Wildman–Crippen LogP) is 4.51. The second-order valence-electron chi connectivity index (χ2n) is 8.74. The topological polar surface area (TPSA) is 61.1 Å². The third kappa shape index (κ3) is 2.37. The van der Waals surface area contributed by atoms with Gasteiger partial charge in [-0.15, -0.1) is 0 Å². The summed E-state index contributed by atoms with van der Waals surface area (Å²) in [4.78, 5) is 11.8. The molecule has 6 atom stereocenters. The molecule has 0 saturated heterocycles. The monoisotopic (exact) mass is 359 g/mol. The lowest BCUT2D eigenvalue weighted by Gasteiger charge is -2.60.